The molecule has 1 aromatic carbocycles. The summed E-state index contributed by atoms with van der Waals surface area (Å²) < 4.78 is 0. The Hall–Kier alpha value is -1.02. The van der Waals surface area contributed by atoms with E-state index in [1.165, 1.54) is 43.4 Å². The molecule has 2 heteroatoms. The Kier molecular flexibility index (Phi) is 4.23. The Morgan fingerprint density at radius 3 is 2.38 bits per heavy atom. The molecular formula is C14H22N2. The van der Waals surface area contributed by atoms with E-state index in [4.69, 9.17) is 0 Å². The van der Waals surface area contributed by atoms with Gasteiger partial charge in [0.25, 0.3) is 0 Å². The molecular weight excluding hydrogens is 196 g/mol. The molecule has 1 aliphatic carbocycles. The third-order valence-corrected chi connectivity index (χ3v) is 3.46. The first-order valence-corrected chi connectivity index (χ1v) is 6.38. The maximum Gasteiger partial charge on any atom is 0.0650 e. The van der Waals surface area contributed by atoms with Crippen molar-refractivity contribution in [3.8, 4) is 0 Å². The van der Waals surface area contributed by atoms with Crippen LogP contribution in [0.25, 0.3) is 0 Å². The number of nitrogens with one attached hydrogen (secondary N) is 2. The van der Waals surface area contributed by atoms with Crippen molar-refractivity contribution in [1.29, 1.82) is 0 Å². The predicted octanol–water partition coefficient (Wildman–Crippen LogP) is 3.32. The Labute approximate surface area is 98.4 Å². The van der Waals surface area contributed by atoms with Crippen LogP contribution in [0.3, 0.4) is 0 Å². The van der Waals surface area contributed by atoms with Gasteiger partial charge in [-0.05, 0) is 43.5 Å². The van der Waals surface area contributed by atoms with E-state index in [0.29, 0.717) is 0 Å². The lowest BCUT2D eigenvalue weighted by Gasteiger charge is -2.22. The number of benzene rings is 1. The highest BCUT2D eigenvalue weighted by Gasteiger charge is 2.14. The lowest BCUT2D eigenvalue weighted by molar-refractivity contribution is 0.443. The van der Waals surface area contributed by atoms with Crippen LogP contribution in [-0.4, -0.2) is 13.7 Å². The number of hydrogen-bond donors (Lipinski definition) is 2. The van der Waals surface area contributed by atoms with Gasteiger partial charge in [-0.15, -0.1) is 0 Å². The summed E-state index contributed by atoms with van der Waals surface area (Å²) >= 11 is 0. The van der Waals surface area contributed by atoms with Gasteiger partial charge in [-0.2, -0.15) is 0 Å². The van der Waals surface area contributed by atoms with Crippen molar-refractivity contribution < 1.29 is 0 Å². The monoisotopic (exact) mass is 218 g/mol. The van der Waals surface area contributed by atoms with E-state index >= 15 is 0 Å². The molecule has 0 aromatic heterocycles. The minimum atomic E-state index is 0.812. The van der Waals surface area contributed by atoms with E-state index in [2.05, 4.69) is 34.9 Å². The van der Waals surface area contributed by atoms with Crippen molar-refractivity contribution >= 4 is 5.69 Å². The van der Waals surface area contributed by atoms with Gasteiger partial charge >= 0.3 is 0 Å². The van der Waals surface area contributed by atoms with Gasteiger partial charge in [-0.25, -0.2) is 0 Å². The zero-order valence-electron chi connectivity index (χ0n) is 10.1. The average Bonchev–Trinajstić information content (AvgIpc) is 2.38. The first-order chi connectivity index (χ1) is 7.90. The lowest BCUT2D eigenvalue weighted by Crippen LogP contribution is -2.16. The molecule has 2 rings (SSSR count). The molecule has 0 spiro atoms. The van der Waals surface area contributed by atoms with Crippen molar-refractivity contribution in [3.05, 3.63) is 29.8 Å². The number of rotatable bonds is 4. The summed E-state index contributed by atoms with van der Waals surface area (Å²) in [5.74, 6) is 0.812. The molecule has 1 saturated carbocycles. The smallest absolute Gasteiger partial charge is 0.0650 e. The van der Waals surface area contributed by atoms with Gasteiger partial charge in [0, 0.05) is 5.69 Å². The summed E-state index contributed by atoms with van der Waals surface area (Å²) in [6.45, 7) is 0.822. The SMILES string of the molecule is CNCNc1ccc(C2CCCCC2)cc1. The van der Waals surface area contributed by atoms with Crippen LogP contribution < -0.4 is 10.6 Å². The summed E-state index contributed by atoms with van der Waals surface area (Å²) in [6.07, 6.45) is 7.00. The third kappa shape index (κ3) is 2.99. The van der Waals surface area contributed by atoms with Crippen LogP contribution in [0.4, 0.5) is 5.69 Å². The molecule has 0 atom stereocenters. The van der Waals surface area contributed by atoms with Gasteiger partial charge < -0.3 is 10.6 Å². The molecule has 1 aromatic rings. The number of anilines is 1. The molecule has 0 bridgehead atoms. The first kappa shape index (κ1) is 11.5. The van der Waals surface area contributed by atoms with Gasteiger partial charge in [0.1, 0.15) is 0 Å². The Bertz CT molecular complexity index is 299. The number of hydrogen-bond acceptors (Lipinski definition) is 2. The van der Waals surface area contributed by atoms with Gasteiger partial charge in [0.15, 0.2) is 0 Å². The molecule has 0 radical (unpaired) electrons. The fourth-order valence-electron chi connectivity index (χ4n) is 2.50. The zero-order valence-corrected chi connectivity index (χ0v) is 10.1. The summed E-state index contributed by atoms with van der Waals surface area (Å²) in [5.41, 5.74) is 2.73. The van der Waals surface area contributed by atoms with Crippen LogP contribution >= 0.6 is 0 Å². The molecule has 0 heterocycles. The van der Waals surface area contributed by atoms with Gasteiger partial charge in [-0.3, -0.25) is 0 Å². The summed E-state index contributed by atoms with van der Waals surface area (Å²) in [7, 11) is 1.95. The summed E-state index contributed by atoms with van der Waals surface area (Å²) in [6, 6.07) is 8.96. The standard InChI is InChI=1S/C14H22N2/c1-15-11-16-14-9-7-13(8-10-14)12-5-3-2-4-6-12/h7-10,12,15-16H,2-6,11H2,1H3. The van der Waals surface area contributed by atoms with Crippen LogP contribution in [0, 0.1) is 0 Å². The first-order valence-electron chi connectivity index (χ1n) is 6.38. The highest BCUT2D eigenvalue weighted by molar-refractivity contribution is 5.45. The van der Waals surface area contributed by atoms with Crippen molar-refractivity contribution in [1.82, 2.24) is 5.32 Å². The van der Waals surface area contributed by atoms with E-state index in [0.717, 1.165) is 12.6 Å². The maximum absolute atomic E-state index is 3.31. The Balaban J connectivity index is 1.95. The Morgan fingerprint density at radius 2 is 1.75 bits per heavy atom. The van der Waals surface area contributed by atoms with Crippen LogP contribution in [0.5, 0.6) is 0 Å². The third-order valence-electron chi connectivity index (χ3n) is 3.46. The predicted molar refractivity (Wildman–Crippen MR) is 69.8 cm³/mol. The summed E-state index contributed by atoms with van der Waals surface area (Å²) in [5, 5.41) is 6.40. The largest absolute Gasteiger partial charge is 0.372 e. The zero-order chi connectivity index (χ0) is 11.2. The van der Waals surface area contributed by atoms with Crippen molar-refractivity contribution in [2.24, 2.45) is 0 Å². The van der Waals surface area contributed by atoms with Crippen LogP contribution in [0.15, 0.2) is 24.3 Å². The lowest BCUT2D eigenvalue weighted by atomic mass is 9.84. The highest BCUT2D eigenvalue weighted by Crippen LogP contribution is 2.32. The second-order valence-corrected chi connectivity index (χ2v) is 4.66. The van der Waals surface area contributed by atoms with Gasteiger partial charge in [-0.1, -0.05) is 31.4 Å². The van der Waals surface area contributed by atoms with Crippen LogP contribution in [0.2, 0.25) is 0 Å². The second kappa shape index (κ2) is 5.90. The van der Waals surface area contributed by atoms with E-state index < -0.39 is 0 Å². The molecule has 16 heavy (non-hydrogen) atoms. The van der Waals surface area contributed by atoms with E-state index in [-0.39, 0.29) is 0 Å². The van der Waals surface area contributed by atoms with Gasteiger partial charge in [0.2, 0.25) is 0 Å². The second-order valence-electron chi connectivity index (χ2n) is 4.66. The van der Waals surface area contributed by atoms with E-state index in [1.54, 1.807) is 0 Å². The molecule has 0 aliphatic heterocycles. The molecule has 1 fully saturated rings. The molecule has 88 valence electrons. The maximum atomic E-state index is 3.31. The molecule has 0 saturated heterocycles. The van der Waals surface area contributed by atoms with Crippen LogP contribution in [-0.2, 0) is 0 Å². The molecule has 0 unspecified atom stereocenters. The normalized spacial score (nSPS) is 17.3. The van der Waals surface area contributed by atoms with Gasteiger partial charge in [0.05, 0.1) is 6.67 Å². The minimum Gasteiger partial charge on any atom is -0.372 e. The van der Waals surface area contributed by atoms with Crippen molar-refractivity contribution in [3.63, 3.8) is 0 Å². The fourth-order valence-corrected chi connectivity index (χ4v) is 2.50. The minimum absolute atomic E-state index is 0.812. The quantitative estimate of drug-likeness (QED) is 0.758. The van der Waals surface area contributed by atoms with E-state index in [9.17, 15) is 0 Å². The molecule has 1 aliphatic rings. The molecule has 2 N–H and O–H groups in total. The fraction of sp³-hybridized carbons (Fsp3) is 0.571. The van der Waals surface area contributed by atoms with E-state index in [1.807, 2.05) is 7.05 Å². The average molecular weight is 218 g/mol. The Morgan fingerprint density at radius 1 is 1.06 bits per heavy atom. The summed E-state index contributed by atoms with van der Waals surface area (Å²) in [4.78, 5) is 0. The molecule has 2 nitrogen and oxygen atoms in total. The molecule has 0 amide bonds. The van der Waals surface area contributed by atoms with Crippen LogP contribution in [0.1, 0.15) is 43.6 Å². The highest BCUT2D eigenvalue weighted by atomic mass is 15.0. The van der Waals surface area contributed by atoms with Crippen molar-refractivity contribution in [2.75, 3.05) is 19.0 Å². The van der Waals surface area contributed by atoms with Crippen molar-refractivity contribution in [2.45, 2.75) is 38.0 Å². The topological polar surface area (TPSA) is 24.1 Å².